The van der Waals surface area contributed by atoms with Crippen molar-refractivity contribution in [3.8, 4) is 11.1 Å². The Bertz CT molecular complexity index is 1220. The van der Waals surface area contributed by atoms with E-state index >= 15 is 0 Å². The Morgan fingerprint density at radius 2 is 1.54 bits per heavy atom. The van der Waals surface area contributed by atoms with Crippen LogP contribution in [0.3, 0.4) is 0 Å². The molecule has 0 heterocycles. The number of carboxylic acid groups (broad SMARTS) is 1. The standard InChI is InChI=1S/C28H26N2O5/c1-2-30(17-27(32)33)26(31)16-13-19-11-14-20(15-12-19)29-28(34)35-18-25-23-9-5-3-7-21(23)22-8-4-6-10-24(22)25/h3-16,25H,2,17-18H2,1H3,(H,29,34)(H,32,33)/b16-13+. The number of nitrogens with one attached hydrogen (secondary N) is 1. The number of amides is 2. The van der Waals surface area contributed by atoms with Crippen LogP contribution in [0.5, 0.6) is 0 Å². The molecule has 35 heavy (non-hydrogen) atoms. The van der Waals surface area contributed by atoms with Crippen LogP contribution in [-0.2, 0) is 14.3 Å². The van der Waals surface area contributed by atoms with Crippen LogP contribution in [0, 0.1) is 0 Å². The highest BCUT2D eigenvalue weighted by molar-refractivity contribution is 5.93. The molecular weight excluding hydrogens is 444 g/mol. The lowest BCUT2D eigenvalue weighted by Gasteiger charge is -2.16. The van der Waals surface area contributed by atoms with Gasteiger partial charge in [0.2, 0.25) is 5.91 Å². The number of benzene rings is 3. The van der Waals surface area contributed by atoms with Gasteiger partial charge in [-0.2, -0.15) is 0 Å². The van der Waals surface area contributed by atoms with Crippen LogP contribution in [0.2, 0.25) is 0 Å². The first-order chi connectivity index (χ1) is 17.0. The van der Waals surface area contributed by atoms with E-state index in [0.717, 1.165) is 16.7 Å². The summed E-state index contributed by atoms with van der Waals surface area (Å²) in [6.07, 6.45) is 2.39. The van der Waals surface area contributed by atoms with Crippen LogP contribution in [-0.4, -0.2) is 47.7 Å². The topological polar surface area (TPSA) is 95.9 Å². The number of aliphatic carboxylic acids is 1. The fourth-order valence-electron chi connectivity index (χ4n) is 4.21. The molecule has 0 atom stereocenters. The monoisotopic (exact) mass is 470 g/mol. The van der Waals surface area contributed by atoms with Gasteiger partial charge in [0.1, 0.15) is 13.2 Å². The van der Waals surface area contributed by atoms with Crippen molar-refractivity contribution >= 4 is 29.7 Å². The highest BCUT2D eigenvalue weighted by atomic mass is 16.5. The molecule has 0 spiro atoms. The first-order valence-corrected chi connectivity index (χ1v) is 11.4. The summed E-state index contributed by atoms with van der Waals surface area (Å²) >= 11 is 0. The van der Waals surface area contributed by atoms with Crippen molar-refractivity contribution in [3.05, 3.63) is 95.6 Å². The molecule has 0 bridgehead atoms. The van der Waals surface area contributed by atoms with Crippen LogP contribution in [0.15, 0.2) is 78.9 Å². The smallest absolute Gasteiger partial charge is 0.411 e. The Balaban J connectivity index is 1.33. The number of hydrogen-bond acceptors (Lipinski definition) is 4. The number of fused-ring (bicyclic) bond motifs is 3. The van der Waals surface area contributed by atoms with Crippen molar-refractivity contribution in [2.24, 2.45) is 0 Å². The Kier molecular flexibility index (Phi) is 7.26. The van der Waals surface area contributed by atoms with E-state index in [-0.39, 0.29) is 25.0 Å². The van der Waals surface area contributed by atoms with Gasteiger partial charge in [-0.15, -0.1) is 0 Å². The predicted octanol–water partition coefficient (Wildman–Crippen LogP) is 4.99. The van der Waals surface area contributed by atoms with Crippen LogP contribution in [0.25, 0.3) is 17.2 Å². The Hall–Kier alpha value is -4.39. The molecule has 0 aliphatic heterocycles. The van der Waals surface area contributed by atoms with Gasteiger partial charge in [0, 0.05) is 24.2 Å². The second-order valence-electron chi connectivity index (χ2n) is 8.15. The van der Waals surface area contributed by atoms with Gasteiger partial charge in [0.15, 0.2) is 0 Å². The molecule has 1 aliphatic carbocycles. The highest BCUT2D eigenvalue weighted by Crippen LogP contribution is 2.44. The van der Waals surface area contributed by atoms with Gasteiger partial charge in [0.25, 0.3) is 0 Å². The van der Waals surface area contributed by atoms with E-state index in [1.807, 2.05) is 24.3 Å². The van der Waals surface area contributed by atoms with Crippen molar-refractivity contribution in [1.29, 1.82) is 0 Å². The second kappa shape index (κ2) is 10.7. The number of likely N-dealkylation sites (N-methyl/N-ethyl adjacent to an activating group) is 1. The van der Waals surface area contributed by atoms with Gasteiger partial charge in [-0.1, -0.05) is 60.7 Å². The molecule has 178 valence electrons. The number of carbonyl (C=O) groups excluding carboxylic acids is 2. The maximum absolute atomic E-state index is 12.4. The first-order valence-electron chi connectivity index (χ1n) is 11.4. The Morgan fingerprint density at radius 3 is 2.11 bits per heavy atom. The number of hydrogen-bond donors (Lipinski definition) is 2. The fraction of sp³-hybridized carbons (Fsp3) is 0.179. The summed E-state index contributed by atoms with van der Waals surface area (Å²) < 4.78 is 5.56. The molecule has 0 unspecified atom stereocenters. The summed E-state index contributed by atoms with van der Waals surface area (Å²) in [5, 5.41) is 11.6. The predicted molar refractivity (Wildman–Crippen MR) is 134 cm³/mol. The first kappa shape index (κ1) is 23.8. The van der Waals surface area contributed by atoms with Crippen LogP contribution in [0.4, 0.5) is 10.5 Å². The Morgan fingerprint density at radius 1 is 0.943 bits per heavy atom. The zero-order valence-electron chi connectivity index (χ0n) is 19.3. The number of anilines is 1. The molecule has 0 saturated carbocycles. The van der Waals surface area contributed by atoms with Gasteiger partial charge >= 0.3 is 12.1 Å². The summed E-state index contributed by atoms with van der Waals surface area (Å²) in [7, 11) is 0. The minimum Gasteiger partial charge on any atom is -0.480 e. The third-order valence-corrected chi connectivity index (χ3v) is 5.94. The average Bonchev–Trinajstić information content (AvgIpc) is 3.19. The third-order valence-electron chi connectivity index (χ3n) is 5.94. The molecule has 7 heteroatoms. The molecule has 4 rings (SSSR count). The molecule has 3 aromatic carbocycles. The average molecular weight is 471 g/mol. The molecule has 0 aromatic heterocycles. The van der Waals surface area contributed by atoms with E-state index in [2.05, 4.69) is 29.6 Å². The van der Waals surface area contributed by atoms with E-state index in [0.29, 0.717) is 12.2 Å². The fourth-order valence-corrected chi connectivity index (χ4v) is 4.21. The van der Waals surface area contributed by atoms with Gasteiger partial charge in [-0.3, -0.25) is 14.9 Å². The second-order valence-corrected chi connectivity index (χ2v) is 8.15. The molecular formula is C28H26N2O5. The summed E-state index contributed by atoms with van der Waals surface area (Å²) in [6, 6.07) is 23.2. The van der Waals surface area contributed by atoms with Gasteiger partial charge in [-0.05, 0) is 52.9 Å². The van der Waals surface area contributed by atoms with E-state index < -0.39 is 12.1 Å². The van der Waals surface area contributed by atoms with Gasteiger partial charge < -0.3 is 14.7 Å². The lowest BCUT2D eigenvalue weighted by Crippen LogP contribution is -2.34. The molecule has 7 nitrogen and oxygen atoms in total. The van der Waals surface area contributed by atoms with E-state index in [4.69, 9.17) is 9.84 Å². The number of ether oxygens (including phenoxy) is 1. The minimum absolute atomic E-state index is 0.0120. The zero-order chi connectivity index (χ0) is 24.8. The van der Waals surface area contributed by atoms with E-state index in [9.17, 15) is 14.4 Å². The maximum atomic E-state index is 12.4. The van der Waals surface area contributed by atoms with Crippen LogP contribution >= 0.6 is 0 Å². The van der Waals surface area contributed by atoms with Crippen molar-refractivity contribution < 1.29 is 24.2 Å². The highest BCUT2D eigenvalue weighted by Gasteiger charge is 2.29. The number of nitrogens with zero attached hydrogens (tertiary/aromatic N) is 1. The van der Waals surface area contributed by atoms with Crippen molar-refractivity contribution in [1.82, 2.24) is 4.90 Å². The minimum atomic E-state index is -1.06. The lowest BCUT2D eigenvalue weighted by atomic mass is 9.98. The molecule has 0 saturated heterocycles. The molecule has 2 N–H and O–H groups in total. The number of carbonyl (C=O) groups is 3. The summed E-state index contributed by atoms with van der Waals surface area (Å²) in [4.78, 5) is 36.6. The quantitative estimate of drug-likeness (QED) is 0.452. The van der Waals surface area contributed by atoms with Crippen molar-refractivity contribution in [3.63, 3.8) is 0 Å². The molecule has 0 fully saturated rings. The molecule has 0 radical (unpaired) electrons. The zero-order valence-corrected chi connectivity index (χ0v) is 19.3. The molecule has 3 aromatic rings. The number of rotatable bonds is 8. The molecule has 1 aliphatic rings. The third kappa shape index (κ3) is 5.58. The summed E-state index contributed by atoms with van der Waals surface area (Å²) in [6.45, 7) is 1.91. The van der Waals surface area contributed by atoms with Crippen LogP contribution in [0.1, 0.15) is 29.5 Å². The Labute approximate surface area is 203 Å². The van der Waals surface area contributed by atoms with E-state index in [1.165, 1.54) is 22.1 Å². The SMILES string of the molecule is CCN(CC(=O)O)C(=O)/C=C/c1ccc(NC(=O)OCC2c3ccccc3-c3ccccc32)cc1. The largest absolute Gasteiger partial charge is 0.480 e. The lowest BCUT2D eigenvalue weighted by molar-refractivity contribution is -0.142. The summed E-state index contributed by atoms with van der Waals surface area (Å²) in [5.74, 6) is -1.45. The van der Waals surface area contributed by atoms with Gasteiger partial charge in [-0.25, -0.2) is 4.79 Å². The maximum Gasteiger partial charge on any atom is 0.411 e. The van der Waals surface area contributed by atoms with E-state index in [1.54, 1.807) is 37.3 Å². The summed E-state index contributed by atoms with van der Waals surface area (Å²) in [5.41, 5.74) is 5.94. The van der Waals surface area contributed by atoms with Crippen molar-refractivity contribution in [2.45, 2.75) is 12.8 Å². The van der Waals surface area contributed by atoms with Gasteiger partial charge in [0.05, 0.1) is 0 Å². The normalized spacial score (nSPS) is 12.1. The number of carboxylic acids is 1. The van der Waals surface area contributed by atoms with Crippen molar-refractivity contribution in [2.75, 3.05) is 25.0 Å². The molecule has 2 amide bonds. The van der Waals surface area contributed by atoms with Crippen LogP contribution < -0.4 is 5.32 Å².